The molecule has 0 aliphatic heterocycles. The van der Waals surface area contributed by atoms with E-state index in [4.69, 9.17) is 0 Å². The number of aromatic nitrogens is 1. The first-order chi connectivity index (χ1) is 5.16. The maximum atomic E-state index is 10.5. The van der Waals surface area contributed by atoms with E-state index in [0.717, 1.165) is 0 Å². The van der Waals surface area contributed by atoms with Crippen molar-refractivity contribution in [3.8, 4) is 0 Å². The monoisotopic (exact) mass is 154 g/mol. The molecule has 0 fully saturated rings. The van der Waals surface area contributed by atoms with Crippen LogP contribution in [0, 0.1) is 6.92 Å². The number of nitrogens with zero attached hydrogens (tertiary/aromatic N) is 1. The molecule has 0 bridgehead atoms. The second-order valence-corrected chi connectivity index (χ2v) is 2.20. The first-order valence-electron chi connectivity index (χ1n) is 3.33. The zero-order valence-electron chi connectivity index (χ0n) is 6.38. The topological polar surface area (TPSA) is 66.2 Å². The maximum absolute atomic E-state index is 10.5. The molecule has 0 radical (unpaired) electrons. The molecule has 4 heteroatoms. The summed E-state index contributed by atoms with van der Waals surface area (Å²) < 4.78 is 4.68. The highest BCUT2D eigenvalue weighted by molar-refractivity contribution is 5.88. The summed E-state index contributed by atoms with van der Waals surface area (Å²) >= 11 is 0. The van der Waals surface area contributed by atoms with Crippen LogP contribution in [-0.2, 0) is 6.42 Å². The molecule has 4 nitrogen and oxygen atoms in total. The highest BCUT2D eigenvalue weighted by Gasteiger charge is 2.10. The third kappa shape index (κ3) is 1.24. The van der Waals surface area contributed by atoms with E-state index >= 15 is 0 Å². The van der Waals surface area contributed by atoms with E-state index in [1.807, 2.05) is 6.92 Å². The Bertz CT molecular complexity index is 277. The third-order valence-electron chi connectivity index (χ3n) is 1.47. The van der Waals surface area contributed by atoms with Crippen molar-refractivity contribution in [2.45, 2.75) is 20.3 Å². The first kappa shape index (κ1) is 7.78. The Morgan fingerprint density at radius 3 is 2.73 bits per heavy atom. The van der Waals surface area contributed by atoms with Gasteiger partial charge < -0.3 is 14.4 Å². The highest BCUT2D eigenvalue weighted by Crippen LogP contribution is 2.11. The normalized spacial score (nSPS) is 10.0. The Labute approximate surface area is 63.8 Å². The van der Waals surface area contributed by atoms with E-state index in [-0.39, 0.29) is 5.56 Å². The molecule has 0 aliphatic rings. The fraction of sp³-hybridized carbons (Fsp3) is 0.429. The minimum absolute atomic E-state index is 0.0903. The summed E-state index contributed by atoms with van der Waals surface area (Å²) in [5, 5.41) is 14.0. The van der Waals surface area contributed by atoms with Crippen molar-refractivity contribution < 1.29 is 14.4 Å². The Balaban J connectivity index is 3.17. The van der Waals surface area contributed by atoms with Gasteiger partial charge in [-0.2, -0.15) is 0 Å². The molecule has 0 spiro atoms. The Morgan fingerprint density at radius 1 is 1.73 bits per heavy atom. The molecule has 0 aromatic carbocycles. The lowest BCUT2D eigenvalue weighted by Gasteiger charge is -1.99. The van der Waals surface area contributed by atoms with Gasteiger partial charge in [0.25, 0.3) is 0 Å². The van der Waals surface area contributed by atoms with Gasteiger partial charge in [-0.05, 0) is 13.3 Å². The van der Waals surface area contributed by atoms with Crippen LogP contribution in [0.3, 0.4) is 0 Å². The SMILES string of the molecule is CCc1noc(C)c1C(=O)[O-]. The number of hydrogen-bond acceptors (Lipinski definition) is 4. The third-order valence-corrected chi connectivity index (χ3v) is 1.47. The average Bonchev–Trinajstić information content (AvgIpc) is 2.30. The van der Waals surface area contributed by atoms with Gasteiger partial charge in [0.1, 0.15) is 5.76 Å². The van der Waals surface area contributed by atoms with Gasteiger partial charge >= 0.3 is 0 Å². The fourth-order valence-electron chi connectivity index (χ4n) is 0.921. The van der Waals surface area contributed by atoms with Crippen molar-refractivity contribution in [2.24, 2.45) is 0 Å². The molecule has 0 saturated carbocycles. The number of carboxylic acid groups (broad SMARTS) is 1. The summed E-state index contributed by atoms with van der Waals surface area (Å²) in [6, 6.07) is 0. The van der Waals surface area contributed by atoms with Crippen LogP contribution in [0.4, 0.5) is 0 Å². The van der Waals surface area contributed by atoms with Crippen LogP contribution < -0.4 is 5.11 Å². The molecule has 0 unspecified atom stereocenters. The van der Waals surface area contributed by atoms with Gasteiger partial charge in [-0.25, -0.2) is 0 Å². The average molecular weight is 154 g/mol. The van der Waals surface area contributed by atoms with Gasteiger partial charge in [0.15, 0.2) is 0 Å². The van der Waals surface area contributed by atoms with Crippen LogP contribution in [0.2, 0.25) is 0 Å². The predicted octanol–water partition coefficient (Wildman–Crippen LogP) is -0.0911. The van der Waals surface area contributed by atoms with Gasteiger partial charge in [0.2, 0.25) is 0 Å². The van der Waals surface area contributed by atoms with Gasteiger partial charge in [-0.15, -0.1) is 0 Å². The molecular formula is C7H8NO3-. The first-order valence-corrected chi connectivity index (χ1v) is 3.33. The van der Waals surface area contributed by atoms with Crippen LogP contribution in [0.5, 0.6) is 0 Å². The highest BCUT2D eigenvalue weighted by atomic mass is 16.5. The Kier molecular flexibility index (Phi) is 1.94. The number of aromatic carboxylic acids is 1. The van der Waals surface area contributed by atoms with E-state index < -0.39 is 5.97 Å². The zero-order valence-corrected chi connectivity index (χ0v) is 6.38. The lowest BCUT2D eigenvalue weighted by Crippen LogP contribution is -2.23. The molecule has 1 rings (SSSR count). The molecule has 1 aromatic heterocycles. The van der Waals surface area contributed by atoms with Crippen LogP contribution in [0.1, 0.15) is 28.7 Å². The molecule has 0 saturated heterocycles. The molecule has 1 heterocycles. The van der Waals surface area contributed by atoms with Gasteiger partial charge in [-0.3, -0.25) is 0 Å². The number of hydrogen-bond donors (Lipinski definition) is 0. The van der Waals surface area contributed by atoms with Crippen LogP contribution in [0.25, 0.3) is 0 Å². The number of rotatable bonds is 2. The van der Waals surface area contributed by atoms with Gasteiger partial charge in [0, 0.05) is 0 Å². The van der Waals surface area contributed by atoms with E-state index in [1.54, 1.807) is 6.92 Å². The van der Waals surface area contributed by atoms with Crippen LogP contribution >= 0.6 is 0 Å². The lowest BCUT2D eigenvalue weighted by molar-refractivity contribution is -0.255. The van der Waals surface area contributed by atoms with Crippen LogP contribution in [0.15, 0.2) is 4.52 Å². The zero-order chi connectivity index (χ0) is 8.43. The quantitative estimate of drug-likeness (QED) is 0.597. The second-order valence-electron chi connectivity index (χ2n) is 2.20. The van der Waals surface area contributed by atoms with E-state index in [9.17, 15) is 9.90 Å². The molecule has 0 atom stereocenters. The predicted molar refractivity (Wildman–Crippen MR) is 34.9 cm³/mol. The summed E-state index contributed by atoms with van der Waals surface area (Å²) in [6.07, 6.45) is 0.542. The number of carbonyl (C=O) groups excluding carboxylic acids is 1. The minimum Gasteiger partial charge on any atom is -0.545 e. The minimum atomic E-state index is -1.22. The summed E-state index contributed by atoms with van der Waals surface area (Å²) in [5.74, 6) is -0.914. The number of carbonyl (C=O) groups is 1. The molecule has 1 aromatic rings. The van der Waals surface area contributed by atoms with Crippen molar-refractivity contribution in [2.75, 3.05) is 0 Å². The maximum Gasteiger partial charge on any atom is 0.142 e. The van der Waals surface area contributed by atoms with E-state index in [2.05, 4.69) is 9.68 Å². The molecular weight excluding hydrogens is 146 g/mol. The van der Waals surface area contributed by atoms with Crippen LogP contribution in [-0.4, -0.2) is 11.1 Å². The number of aryl methyl sites for hydroxylation is 2. The van der Waals surface area contributed by atoms with E-state index in [0.29, 0.717) is 17.9 Å². The molecule has 11 heavy (non-hydrogen) atoms. The van der Waals surface area contributed by atoms with Crippen molar-refractivity contribution in [3.05, 3.63) is 17.0 Å². The Hall–Kier alpha value is -1.32. The second kappa shape index (κ2) is 2.74. The summed E-state index contributed by atoms with van der Waals surface area (Å²) in [7, 11) is 0. The fourth-order valence-corrected chi connectivity index (χ4v) is 0.921. The summed E-state index contributed by atoms with van der Waals surface area (Å²) in [6.45, 7) is 3.36. The Morgan fingerprint density at radius 2 is 2.36 bits per heavy atom. The van der Waals surface area contributed by atoms with Gasteiger partial charge in [0.05, 0.1) is 17.2 Å². The molecule has 0 aliphatic carbocycles. The summed E-state index contributed by atoms with van der Waals surface area (Å²) in [4.78, 5) is 10.5. The van der Waals surface area contributed by atoms with Crippen molar-refractivity contribution >= 4 is 5.97 Å². The largest absolute Gasteiger partial charge is 0.545 e. The van der Waals surface area contributed by atoms with Gasteiger partial charge in [-0.1, -0.05) is 12.1 Å². The summed E-state index contributed by atoms with van der Waals surface area (Å²) in [5.41, 5.74) is 0.537. The van der Waals surface area contributed by atoms with Crippen molar-refractivity contribution in [1.29, 1.82) is 0 Å². The van der Waals surface area contributed by atoms with Crippen molar-refractivity contribution in [1.82, 2.24) is 5.16 Å². The molecule has 60 valence electrons. The molecule has 0 amide bonds. The standard InChI is InChI=1S/C7H9NO3/c1-3-5-6(7(9)10)4(2)11-8-5/h3H2,1-2H3,(H,9,10)/p-1. The van der Waals surface area contributed by atoms with E-state index in [1.165, 1.54) is 0 Å². The molecule has 0 N–H and O–H groups in total. The smallest absolute Gasteiger partial charge is 0.142 e. The lowest BCUT2D eigenvalue weighted by atomic mass is 10.1. The number of carboxylic acids is 1. The van der Waals surface area contributed by atoms with Crippen molar-refractivity contribution in [3.63, 3.8) is 0 Å².